The van der Waals surface area contributed by atoms with Crippen LogP contribution in [0.1, 0.15) is 30.9 Å². The van der Waals surface area contributed by atoms with Crippen molar-refractivity contribution in [3.8, 4) is 17.2 Å². The molecule has 3 saturated heterocycles. The minimum atomic E-state index is -0.280. The van der Waals surface area contributed by atoms with Crippen LogP contribution in [-0.2, 0) is 9.63 Å². The first-order valence-electron chi connectivity index (χ1n) is 17.3. The molecule has 50 heavy (non-hydrogen) atoms. The number of carbonyl (C=O) groups excluding carboxylic acids is 1. The number of hydroxylamine groups is 1. The van der Waals surface area contributed by atoms with Gasteiger partial charge in [0.1, 0.15) is 29.4 Å². The Bertz CT molecular complexity index is 1780. The zero-order valence-electron chi connectivity index (χ0n) is 28.4. The molecule has 0 aliphatic carbocycles. The van der Waals surface area contributed by atoms with E-state index in [0.717, 1.165) is 81.3 Å². The number of methoxy groups -OCH3 is 1. The summed E-state index contributed by atoms with van der Waals surface area (Å²) in [7, 11) is 1.65. The Kier molecular flexibility index (Phi) is 10.4. The molecule has 0 radical (unpaired) electrons. The summed E-state index contributed by atoms with van der Waals surface area (Å²) in [4.78, 5) is 32.7. The number of piperidine rings is 1. The molecule has 3 fully saturated rings. The van der Waals surface area contributed by atoms with E-state index in [1.807, 2.05) is 71.8 Å². The zero-order chi connectivity index (χ0) is 34.3. The fraction of sp³-hybridized carbons (Fsp3) is 0.342. The molecule has 3 N–H and O–H groups in total. The molecule has 12 heteroatoms. The van der Waals surface area contributed by atoms with Crippen molar-refractivity contribution in [1.29, 1.82) is 0 Å². The fourth-order valence-corrected chi connectivity index (χ4v) is 6.98. The van der Waals surface area contributed by atoms with Crippen molar-refractivity contribution in [3.63, 3.8) is 0 Å². The number of para-hydroxylation sites is 1. The Balaban J connectivity index is 1.10. The summed E-state index contributed by atoms with van der Waals surface area (Å²) in [5.74, 6) is 3.05. The maximum absolute atomic E-state index is 12.6. The van der Waals surface area contributed by atoms with Gasteiger partial charge >= 0.3 is 0 Å². The van der Waals surface area contributed by atoms with Crippen molar-refractivity contribution in [2.75, 3.05) is 73.6 Å². The van der Waals surface area contributed by atoms with Crippen molar-refractivity contribution in [1.82, 2.24) is 20.2 Å². The Morgan fingerprint density at radius 3 is 2.52 bits per heavy atom. The predicted octanol–water partition coefficient (Wildman–Crippen LogP) is 5.90. The maximum Gasteiger partial charge on any atom is 0.247 e. The summed E-state index contributed by atoms with van der Waals surface area (Å²) in [5.41, 5.74) is 3.30. The summed E-state index contributed by atoms with van der Waals surface area (Å²) in [6.07, 6.45) is 5.70. The molecular formula is C38H44N8O4. The van der Waals surface area contributed by atoms with Gasteiger partial charge in [0.15, 0.2) is 5.82 Å². The Labute approximate surface area is 293 Å². The van der Waals surface area contributed by atoms with E-state index in [0.29, 0.717) is 41.4 Å². The number of hydrogen-bond donors (Lipinski definition) is 3. The van der Waals surface area contributed by atoms with E-state index in [2.05, 4.69) is 48.4 Å². The summed E-state index contributed by atoms with van der Waals surface area (Å²) in [5, 5.41) is 11.7. The number of amides is 1. The second kappa shape index (κ2) is 15.6. The van der Waals surface area contributed by atoms with Crippen LogP contribution < -0.4 is 35.4 Å². The lowest BCUT2D eigenvalue weighted by Crippen LogP contribution is -2.52. The molecule has 4 heterocycles. The number of benzene rings is 3. The molecule has 0 spiro atoms. The first-order chi connectivity index (χ1) is 24.6. The van der Waals surface area contributed by atoms with Crippen molar-refractivity contribution in [2.45, 2.75) is 31.3 Å². The fourth-order valence-electron chi connectivity index (χ4n) is 6.98. The average molecular weight is 677 g/mol. The number of hydrogen-bond acceptors (Lipinski definition) is 11. The normalized spacial score (nSPS) is 18.5. The topological polar surface area (TPSA) is 116 Å². The molecule has 7 rings (SSSR count). The number of anilines is 5. The van der Waals surface area contributed by atoms with Gasteiger partial charge in [0.05, 0.1) is 36.8 Å². The van der Waals surface area contributed by atoms with Gasteiger partial charge in [0, 0.05) is 63.9 Å². The third-order valence-electron chi connectivity index (χ3n) is 9.50. The molecule has 4 aromatic rings. The van der Waals surface area contributed by atoms with Crippen LogP contribution in [0.25, 0.3) is 0 Å². The van der Waals surface area contributed by atoms with Crippen LogP contribution in [-0.4, -0.2) is 79.8 Å². The van der Waals surface area contributed by atoms with E-state index in [1.54, 1.807) is 7.11 Å². The first kappa shape index (κ1) is 33.3. The minimum absolute atomic E-state index is 0.0673. The van der Waals surface area contributed by atoms with Crippen molar-refractivity contribution in [2.24, 2.45) is 0 Å². The SMILES string of the molecule is C=CC(=O)Nc1cc(Nc2cc(N3OCCC3c3cccc(Oc4ccccc4)c3)ncn2)c(OC)cc1N1CCC(N2CCNCC2)CC1. The number of ether oxygens (including phenoxy) is 2. The molecule has 12 nitrogen and oxygen atoms in total. The number of nitrogens with one attached hydrogen (secondary N) is 3. The second-order valence-electron chi connectivity index (χ2n) is 12.6. The quantitative estimate of drug-likeness (QED) is 0.165. The Morgan fingerprint density at radius 1 is 0.940 bits per heavy atom. The van der Waals surface area contributed by atoms with Crippen molar-refractivity contribution >= 4 is 34.6 Å². The van der Waals surface area contributed by atoms with Gasteiger partial charge in [-0.05, 0) is 54.8 Å². The third-order valence-corrected chi connectivity index (χ3v) is 9.50. The molecule has 3 aliphatic rings. The van der Waals surface area contributed by atoms with Gasteiger partial charge in [0.25, 0.3) is 0 Å². The zero-order valence-corrected chi connectivity index (χ0v) is 28.4. The monoisotopic (exact) mass is 676 g/mol. The number of carbonyl (C=O) groups is 1. The lowest BCUT2D eigenvalue weighted by molar-refractivity contribution is -0.111. The van der Waals surface area contributed by atoms with Gasteiger partial charge in [-0.15, -0.1) is 0 Å². The average Bonchev–Trinajstić information content (AvgIpc) is 3.67. The molecule has 260 valence electrons. The van der Waals surface area contributed by atoms with Gasteiger partial charge < -0.3 is 30.3 Å². The summed E-state index contributed by atoms with van der Waals surface area (Å²) in [6, 6.07) is 24.0. The van der Waals surface area contributed by atoms with Crippen molar-refractivity contribution < 1.29 is 19.1 Å². The highest BCUT2D eigenvalue weighted by Gasteiger charge is 2.30. The van der Waals surface area contributed by atoms with E-state index < -0.39 is 0 Å². The van der Waals surface area contributed by atoms with Crippen LogP contribution in [0.3, 0.4) is 0 Å². The van der Waals surface area contributed by atoms with E-state index in [1.165, 1.54) is 12.4 Å². The highest BCUT2D eigenvalue weighted by Crippen LogP contribution is 2.41. The van der Waals surface area contributed by atoms with Crippen LogP contribution >= 0.6 is 0 Å². The highest BCUT2D eigenvalue weighted by atomic mass is 16.7. The van der Waals surface area contributed by atoms with Crippen LogP contribution in [0.4, 0.5) is 28.7 Å². The number of nitrogens with zero attached hydrogens (tertiary/aromatic N) is 5. The minimum Gasteiger partial charge on any atom is -0.494 e. The molecule has 3 aromatic carbocycles. The maximum atomic E-state index is 12.6. The highest BCUT2D eigenvalue weighted by molar-refractivity contribution is 6.02. The van der Waals surface area contributed by atoms with E-state index in [9.17, 15) is 4.79 Å². The van der Waals surface area contributed by atoms with Crippen LogP contribution in [0.2, 0.25) is 0 Å². The largest absolute Gasteiger partial charge is 0.494 e. The second-order valence-corrected chi connectivity index (χ2v) is 12.6. The molecule has 1 aromatic heterocycles. The van der Waals surface area contributed by atoms with Crippen LogP contribution in [0.15, 0.2) is 91.8 Å². The molecule has 1 atom stereocenters. The van der Waals surface area contributed by atoms with Gasteiger partial charge in [-0.2, -0.15) is 0 Å². The van der Waals surface area contributed by atoms with Gasteiger partial charge in [0.2, 0.25) is 5.91 Å². The molecular weight excluding hydrogens is 632 g/mol. The van der Waals surface area contributed by atoms with E-state index in [-0.39, 0.29) is 11.9 Å². The summed E-state index contributed by atoms with van der Waals surface area (Å²) < 4.78 is 12.0. The van der Waals surface area contributed by atoms with Crippen molar-refractivity contribution in [3.05, 3.63) is 97.3 Å². The molecule has 1 amide bonds. The van der Waals surface area contributed by atoms with Crippen LogP contribution in [0.5, 0.6) is 17.2 Å². The summed E-state index contributed by atoms with van der Waals surface area (Å²) in [6.45, 7) is 10.2. The van der Waals surface area contributed by atoms with E-state index >= 15 is 0 Å². The number of aromatic nitrogens is 2. The first-order valence-corrected chi connectivity index (χ1v) is 17.3. The van der Waals surface area contributed by atoms with Crippen LogP contribution in [0, 0.1) is 0 Å². The lowest BCUT2D eigenvalue weighted by Gasteiger charge is -2.41. The van der Waals surface area contributed by atoms with Gasteiger partial charge in [-0.3, -0.25) is 14.5 Å². The Morgan fingerprint density at radius 2 is 1.74 bits per heavy atom. The summed E-state index contributed by atoms with van der Waals surface area (Å²) >= 11 is 0. The smallest absolute Gasteiger partial charge is 0.247 e. The predicted molar refractivity (Wildman–Crippen MR) is 196 cm³/mol. The van der Waals surface area contributed by atoms with Gasteiger partial charge in [-0.1, -0.05) is 36.9 Å². The molecule has 1 unspecified atom stereocenters. The lowest BCUT2D eigenvalue weighted by atomic mass is 10.0. The van der Waals surface area contributed by atoms with Gasteiger partial charge in [-0.25, -0.2) is 15.0 Å². The number of rotatable bonds is 11. The third kappa shape index (κ3) is 7.67. The number of piperazine rings is 1. The molecule has 0 bridgehead atoms. The molecule has 0 saturated carbocycles. The van der Waals surface area contributed by atoms with E-state index in [4.69, 9.17) is 14.3 Å². The Hall–Kier alpha value is -5.17. The molecule has 3 aliphatic heterocycles. The standard InChI is InChI=1S/C38H44N8O4/c1-3-38(47)43-31-23-32(35(48-2)24-34(31)45-17-12-28(13-18-45)44-19-15-39-16-20-44)42-36-25-37(41-26-40-36)46-33(14-21-49-46)27-8-7-11-30(22-27)50-29-9-5-4-6-10-29/h3-11,22-26,28,33,39H,1,12-21H2,2H3,(H,43,47)(H,40,41,42).